The fourth-order valence-electron chi connectivity index (χ4n) is 4.26. The Morgan fingerprint density at radius 1 is 1.00 bits per heavy atom. The first-order valence-electron chi connectivity index (χ1n) is 11.1. The predicted molar refractivity (Wildman–Crippen MR) is 122 cm³/mol. The van der Waals surface area contributed by atoms with Crippen LogP contribution < -0.4 is 5.32 Å². The molecule has 0 atom stereocenters. The Balaban J connectivity index is 1.22. The van der Waals surface area contributed by atoms with Gasteiger partial charge in [-0.1, -0.05) is 29.8 Å². The van der Waals surface area contributed by atoms with Gasteiger partial charge in [0.15, 0.2) is 0 Å². The van der Waals surface area contributed by atoms with Crippen LogP contribution in [0.25, 0.3) is 0 Å². The largest absolute Gasteiger partial charge is 0.356 e. The molecule has 4 rings (SSSR count). The number of rotatable bonds is 7. The van der Waals surface area contributed by atoms with E-state index in [-0.39, 0.29) is 36.6 Å². The number of fused-ring (bicyclic) bond motifs is 1. The van der Waals surface area contributed by atoms with E-state index < -0.39 is 10.0 Å². The van der Waals surface area contributed by atoms with Crippen molar-refractivity contribution in [3.63, 3.8) is 0 Å². The Bertz CT molecular complexity index is 1170. The summed E-state index contributed by atoms with van der Waals surface area (Å²) in [5.74, 6) is -0.783. The second kappa shape index (κ2) is 9.44. The van der Waals surface area contributed by atoms with E-state index in [9.17, 15) is 22.8 Å². The maximum absolute atomic E-state index is 12.7. The number of aryl methyl sites for hydroxylation is 1. The Kier molecular flexibility index (Phi) is 6.62. The van der Waals surface area contributed by atoms with E-state index in [0.29, 0.717) is 48.5 Å². The van der Waals surface area contributed by atoms with Crippen LogP contribution >= 0.6 is 0 Å². The average Bonchev–Trinajstić information content (AvgIpc) is 3.06. The van der Waals surface area contributed by atoms with Gasteiger partial charge in [-0.2, -0.15) is 4.31 Å². The van der Waals surface area contributed by atoms with Crippen molar-refractivity contribution in [2.24, 2.45) is 5.92 Å². The van der Waals surface area contributed by atoms with Gasteiger partial charge in [-0.05, 0) is 49.9 Å². The Morgan fingerprint density at radius 3 is 2.36 bits per heavy atom. The molecular weight excluding hydrogens is 442 g/mol. The van der Waals surface area contributed by atoms with Crippen LogP contribution in [0, 0.1) is 12.8 Å². The highest BCUT2D eigenvalue weighted by Gasteiger charge is 2.35. The highest BCUT2D eigenvalue weighted by Crippen LogP contribution is 2.25. The number of imide groups is 1. The number of amides is 3. The van der Waals surface area contributed by atoms with Gasteiger partial charge in [0.2, 0.25) is 15.9 Å². The second-order valence-corrected chi connectivity index (χ2v) is 10.5. The third kappa shape index (κ3) is 4.84. The highest BCUT2D eigenvalue weighted by atomic mass is 32.2. The fraction of sp³-hybridized carbons (Fsp3) is 0.375. The first-order valence-corrected chi connectivity index (χ1v) is 12.5. The van der Waals surface area contributed by atoms with Crippen molar-refractivity contribution in [2.45, 2.75) is 31.1 Å². The van der Waals surface area contributed by atoms with Gasteiger partial charge in [0.05, 0.1) is 16.0 Å². The zero-order valence-electron chi connectivity index (χ0n) is 18.5. The topological polar surface area (TPSA) is 104 Å². The summed E-state index contributed by atoms with van der Waals surface area (Å²) in [6.07, 6.45) is 1.35. The lowest BCUT2D eigenvalue weighted by molar-refractivity contribution is -0.121. The van der Waals surface area contributed by atoms with Gasteiger partial charge in [-0.15, -0.1) is 0 Å². The van der Waals surface area contributed by atoms with Crippen LogP contribution in [0.15, 0.2) is 53.4 Å². The molecule has 0 spiro atoms. The molecule has 2 aromatic rings. The van der Waals surface area contributed by atoms with Crippen molar-refractivity contribution in [1.82, 2.24) is 14.5 Å². The summed E-state index contributed by atoms with van der Waals surface area (Å²) in [6.45, 7) is 3.15. The molecule has 0 bridgehead atoms. The Morgan fingerprint density at radius 2 is 1.67 bits per heavy atom. The lowest BCUT2D eigenvalue weighted by Crippen LogP contribution is -2.42. The smallest absolute Gasteiger partial charge is 0.261 e. The Labute approximate surface area is 193 Å². The van der Waals surface area contributed by atoms with E-state index in [1.165, 1.54) is 4.31 Å². The minimum absolute atomic E-state index is 0.0327. The van der Waals surface area contributed by atoms with Crippen molar-refractivity contribution >= 4 is 27.7 Å². The summed E-state index contributed by atoms with van der Waals surface area (Å²) in [5, 5.41) is 2.87. The fourth-order valence-corrected chi connectivity index (χ4v) is 5.75. The van der Waals surface area contributed by atoms with Gasteiger partial charge >= 0.3 is 0 Å². The van der Waals surface area contributed by atoms with Gasteiger partial charge in [-0.3, -0.25) is 19.3 Å². The zero-order chi connectivity index (χ0) is 23.6. The van der Waals surface area contributed by atoms with Crippen LogP contribution in [0.4, 0.5) is 0 Å². The highest BCUT2D eigenvalue weighted by molar-refractivity contribution is 7.89. The van der Waals surface area contributed by atoms with Crippen LogP contribution in [0.2, 0.25) is 0 Å². The molecule has 0 aromatic heterocycles. The molecule has 0 saturated carbocycles. The molecule has 2 aliphatic rings. The summed E-state index contributed by atoms with van der Waals surface area (Å²) in [4.78, 5) is 38.7. The molecule has 0 unspecified atom stereocenters. The quantitative estimate of drug-likeness (QED) is 0.626. The van der Waals surface area contributed by atoms with E-state index in [2.05, 4.69) is 5.32 Å². The number of piperidine rings is 1. The summed E-state index contributed by atoms with van der Waals surface area (Å²) in [5.41, 5.74) is 1.66. The summed E-state index contributed by atoms with van der Waals surface area (Å²) >= 11 is 0. The third-order valence-electron chi connectivity index (χ3n) is 6.23. The molecule has 33 heavy (non-hydrogen) atoms. The minimum atomic E-state index is -3.49. The van der Waals surface area contributed by atoms with Crippen molar-refractivity contribution in [1.29, 1.82) is 0 Å². The normalized spacial score (nSPS) is 17.3. The standard InChI is InChI=1S/C24H27N3O5S/c1-17-7-8-20-21(15-17)24(30)27(23(20)29)14-11-22(28)25-16-18-9-12-26(13-10-18)33(31,32)19-5-3-2-4-6-19/h2-8,15,18H,9-14,16H2,1H3,(H,25,28). The van der Waals surface area contributed by atoms with Crippen LogP contribution in [-0.2, 0) is 14.8 Å². The molecule has 0 radical (unpaired) electrons. The maximum atomic E-state index is 12.7. The van der Waals surface area contributed by atoms with Gasteiger partial charge in [0.1, 0.15) is 0 Å². The molecule has 3 amide bonds. The maximum Gasteiger partial charge on any atom is 0.261 e. The number of carbonyl (C=O) groups is 3. The number of nitrogens with one attached hydrogen (secondary N) is 1. The number of hydrogen-bond acceptors (Lipinski definition) is 5. The van der Waals surface area contributed by atoms with Gasteiger partial charge in [0.25, 0.3) is 11.8 Å². The van der Waals surface area contributed by atoms with Crippen LogP contribution in [0.3, 0.4) is 0 Å². The van der Waals surface area contributed by atoms with E-state index >= 15 is 0 Å². The lowest BCUT2D eigenvalue weighted by Gasteiger charge is -2.31. The molecule has 2 heterocycles. The molecule has 174 valence electrons. The number of carbonyl (C=O) groups excluding carboxylic acids is 3. The number of benzene rings is 2. The lowest BCUT2D eigenvalue weighted by atomic mass is 9.98. The third-order valence-corrected chi connectivity index (χ3v) is 8.14. The van der Waals surface area contributed by atoms with Crippen molar-refractivity contribution < 1.29 is 22.8 Å². The van der Waals surface area contributed by atoms with Crippen LogP contribution in [0.1, 0.15) is 45.5 Å². The van der Waals surface area contributed by atoms with Crippen LogP contribution in [-0.4, -0.2) is 61.5 Å². The molecule has 0 aliphatic carbocycles. The van der Waals surface area contributed by atoms with E-state index in [4.69, 9.17) is 0 Å². The molecule has 1 saturated heterocycles. The SMILES string of the molecule is Cc1ccc2c(c1)C(=O)N(CCC(=O)NCC1CCN(S(=O)(=O)c3ccccc3)CC1)C2=O. The summed E-state index contributed by atoms with van der Waals surface area (Å²) in [6, 6.07) is 13.5. The number of nitrogens with zero attached hydrogens (tertiary/aromatic N) is 2. The van der Waals surface area contributed by atoms with Crippen molar-refractivity contribution in [3.8, 4) is 0 Å². The van der Waals surface area contributed by atoms with Crippen LogP contribution in [0.5, 0.6) is 0 Å². The molecule has 1 N–H and O–H groups in total. The number of hydrogen-bond donors (Lipinski definition) is 1. The molecule has 8 nitrogen and oxygen atoms in total. The average molecular weight is 470 g/mol. The summed E-state index contributed by atoms with van der Waals surface area (Å²) < 4.78 is 26.9. The number of sulfonamides is 1. The van der Waals surface area contributed by atoms with Crippen molar-refractivity contribution in [2.75, 3.05) is 26.2 Å². The van der Waals surface area contributed by atoms with Crippen molar-refractivity contribution in [3.05, 3.63) is 65.2 Å². The zero-order valence-corrected chi connectivity index (χ0v) is 19.3. The molecule has 2 aliphatic heterocycles. The molecule has 2 aromatic carbocycles. The summed E-state index contributed by atoms with van der Waals surface area (Å²) in [7, 11) is -3.49. The second-order valence-electron chi connectivity index (χ2n) is 8.53. The van der Waals surface area contributed by atoms with Gasteiger partial charge < -0.3 is 5.32 Å². The molecule has 9 heteroatoms. The van der Waals surface area contributed by atoms with Gasteiger partial charge in [0, 0.05) is 32.6 Å². The van der Waals surface area contributed by atoms with Gasteiger partial charge in [-0.25, -0.2) is 8.42 Å². The van der Waals surface area contributed by atoms with E-state index in [1.807, 2.05) is 6.92 Å². The first-order chi connectivity index (χ1) is 15.8. The first kappa shape index (κ1) is 23.1. The monoisotopic (exact) mass is 469 g/mol. The minimum Gasteiger partial charge on any atom is -0.356 e. The predicted octanol–water partition coefficient (Wildman–Crippen LogP) is 2.20. The Hall–Kier alpha value is -3.04. The van der Waals surface area contributed by atoms with E-state index in [0.717, 1.165) is 10.5 Å². The van der Waals surface area contributed by atoms with E-state index in [1.54, 1.807) is 48.5 Å². The molecule has 1 fully saturated rings. The molecular formula is C24H27N3O5S.